The quantitative estimate of drug-likeness (QED) is 0.780. The Bertz CT molecular complexity index is 745. The monoisotopic (exact) mass is 303 g/mol. The molecule has 2 aromatic carbocycles. The summed E-state index contributed by atoms with van der Waals surface area (Å²) in [7, 11) is 0. The maximum atomic E-state index is 12.7. The summed E-state index contributed by atoms with van der Waals surface area (Å²) in [6.07, 6.45) is 3.49. The number of rotatable bonds is 4. The Balaban J connectivity index is 1.84. The van der Waals surface area contributed by atoms with E-state index in [4.69, 9.17) is 0 Å². The van der Waals surface area contributed by atoms with Crippen LogP contribution in [0.5, 0.6) is 0 Å². The number of hydrogen-bond donors (Lipinski definition) is 1. The second kappa shape index (κ2) is 7.22. The molecule has 0 aliphatic heterocycles. The molecule has 0 saturated heterocycles. The number of pyridine rings is 1. The standard InChI is InChI=1S/C19H17N3O/c23-19(21-17-9-3-1-4-10-17)22(18-11-5-2-6-12-18)15-16-8-7-13-20-14-16/h1-14H,15H2,(H,21,23). The Morgan fingerprint density at radius 2 is 1.61 bits per heavy atom. The van der Waals surface area contributed by atoms with E-state index in [-0.39, 0.29) is 6.03 Å². The van der Waals surface area contributed by atoms with Crippen LogP contribution >= 0.6 is 0 Å². The largest absolute Gasteiger partial charge is 0.326 e. The van der Waals surface area contributed by atoms with Gasteiger partial charge in [0.15, 0.2) is 0 Å². The third kappa shape index (κ3) is 3.95. The number of hydrogen-bond acceptors (Lipinski definition) is 2. The van der Waals surface area contributed by atoms with Crippen molar-refractivity contribution in [1.29, 1.82) is 0 Å². The number of amides is 2. The van der Waals surface area contributed by atoms with Gasteiger partial charge in [0, 0.05) is 23.8 Å². The number of carbonyl (C=O) groups excluding carboxylic acids is 1. The molecule has 0 aliphatic rings. The molecule has 2 amide bonds. The SMILES string of the molecule is O=C(Nc1ccccc1)N(Cc1cccnc1)c1ccccc1. The highest BCUT2D eigenvalue weighted by atomic mass is 16.2. The van der Waals surface area contributed by atoms with E-state index in [0.29, 0.717) is 6.54 Å². The Labute approximate surface area is 135 Å². The summed E-state index contributed by atoms with van der Waals surface area (Å²) >= 11 is 0. The van der Waals surface area contributed by atoms with Crippen LogP contribution in [0.2, 0.25) is 0 Å². The smallest absolute Gasteiger partial charge is 0.308 e. The molecule has 0 atom stereocenters. The van der Waals surface area contributed by atoms with E-state index >= 15 is 0 Å². The van der Waals surface area contributed by atoms with Crippen LogP contribution in [-0.4, -0.2) is 11.0 Å². The van der Waals surface area contributed by atoms with Crippen LogP contribution < -0.4 is 10.2 Å². The van der Waals surface area contributed by atoms with Gasteiger partial charge in [0.2, 0.25) is 0 Å². The summed E-state index contributed by atoms with van der Waals surface area (Å²) in [5.41, 5.74) is 2.58. The lowest BCUT2D eigenvalue weighted by atomic mass is 10.2. The van der Waals surface area contributed by atoms with Crippen molar-refractivity contribution in [2.75, 3.05) is 10.2 Å². The van der Waals surface area contributed by atoms with Crippen molar-refractivity contribution in [3.8, 4) is 0 Å². The normalized spacial score (nSPS) is 10.1. The molecule has 3 aromatic rings. The molecule has 114 valence electrons. The number of para-hydroxylation sites is 2. The van der Waals surface area contributed by atoms with Crippen molar-refractivity contribution in [3.63, 3.8) is 0 Å². The Morgan fingerprint density at radius 1 is 0.913 bits per heavy atom. The van der Waals surface area contributed by atoms with Crippen LogP contribution in [0.25, 0.3) is 0 Å². The van der Waals surface area contributed by atoms with Crippen LogP contribution in [0.4, 0.5) is 16.2 Å². The number of carbonyl (C=O) groups is 1. The first kappa shape index (κ1) is 14.8. The van der Waals surface area contributed by atoms with E-state index in [9.17, 15) is 4.79 Å². The van der Waals surface area contributed by atoms with Crippen LogP contribution in [-0.2, 0) is 6.54 Å². The van der Waals surface area contributed by atoms with E-state index < -0.39 is 0 Å². The van der Waals surface area contributed by atoms with Gasteiger partial charge in [-0.05, 0) is 35.9 Å². The molecule has 4 nitrogen and oxygen atoms in total. The van der Waals surface area contributed by atoms with Crippen LogP contribution in [0.15, 0.2) is 85.2 Å². The van der Waals surface area contributed by atoms with Gasteiger partial charge in [-0.2, -0.15) is 0 Å². The molecule has 3 rings (SSSR count). The van der Waals surface area contributed by atoms with Crippen molar-refractivity contribution in [3.05, 3.63) is 90.8 Å². The highest BCUT2D eigenvalue weighted by molar-refractivity contribution is 6.01. The lowest BCUT2D eigenvalue weighted by Gasteiger charge is -2.23. The minimum atomic E-state index is -0.175. The number of benzene rings is 2. The van der Waals surface area contributed by atoms with Gasteiger partial charge < -0.3 is 5.32 Å². The molecule has 4 heteroatoms. The van der Waals surface area contributed by atoms with Crippen LogP contribution in [0.1, 0.15) is 5.56 Å². The van der Waals surface area contributed by atoms with Gasteiger partial charge in [0.1, 0.15) is 0 Å². The molecule has 23 heavy (non-hydrogen) atoms. The van der Waals surface area contributed by atoms with Crippen LogP contribution in [0, 0.1) is 0 Å². The molecule has 0 bridgehead atoms. The van der Waals surface area contributed by atoms with Crippen LogP contribution in [0.3, 0.4) is 0 Å². The molecular weight excluding hydrogens is 286 g/mol. The second-order valence-electron chi connectivity index (χ2n) is 5.08. The minimum Gasteiger partial charge on any atom is -0.308 e. The van der Waals surface area contributed by atoms with Gasteiger partial charge in [-0.25, -0.2) is 4.79 Å². The van der Waals surface area contributed by atoms with Gasteiger partial charge in [-0.3, -0.25) is 9.88 Å². The maximum Gasteiger partial charge on any atom is 0.326 e. The van der Waals surface area contributed by atoms with Gasteiger partial charge in [0.25, 0.3) is 0 Å². The van der Waals surface area contributed by atoms with E-state index in [1.54, 1.807) is 17.3 Å². The summed E-state index contributed by atoms with van der Waals surface area (Å²) in [4.78, 5) is 18.5. The Kier molecular flexibility index (Phi) is 4.64. The lowest BCUT2D eigenvalue weighted by molar-refractivity contribution is 0.256. The minimum absolute atomic E-state index is 0.175. The number of nitrogens with zero attached hydrogens (tertiary/aromatic N) is 2. The van der Waals surface area contributed by atoms with Crippen molar-refractivity contribution < 1.29 is 4.79 Å². The number of nitrogens with one attached hydrogen (secondary N) is 1. The Hall–Kier alpha value is -3.14. The topological polar surface area (TPSA) is 45.2 Å². The van der Waals surface area contributed by atoms with E-state index in [1.807, 2.05) is 72.8 Å². The fraction of sp³-hybridized carbons (Fsp3) is 0.0526. The first-order chi connectivity index (χ1) is 11.3. The molecular formula is C19H17N3O. The fourth-order valence-corrected chi connectivity index (χ4v) is 2.27. The summed E-state index contributed by atoms with van der Waals surface area (Å²) in [5.74, 6) is 0. The first-order valence-electron chi connectivity index (χ1n) is 7.40. The van der Waals surface area contributed by atoms with Gasteiger partial charge >= 0.3 is 6.03 Å². The number of aromatic nitrogens is 1. The molecule has 1 aromatic heterocycles. The summed E-state index contributed by atoms with van der Waals surface area (Å²) in [5, 5.41) is 2.93. The van der Waals surface area contributed by atoms with E-state index in [0.717, 1.165) is 16.9 Å². The third-order valence-corrected chi connectivity index (χ3v) is 3.40. The molecule has 1 heterocycles. The van der Waals surface area contributed by atoms with Crippen molar-refractivity contribution in [2.24, 2.45) is 0 Å². The third-order valence-electron chi connectivity index (χ3n) is 3.40. The van der Waals surface area contributed by atoms with Gasteiger partial charge in [-0.15, -0.1) is 0 Å². The molecule has 0 spiro atoms. The Morgan fingerprint density at radius 3 is 2.26 bits per heavy atom. The zero-order valence-electron chi connectivity index (χ0n) is 12.6. The van der Waals surface area contributed by atoms with Gasteiger partial charge in [-0.1, -0.05) is 42.5 Å². The summed E-state index contributed by atoms with van der Waals surface area (Å²) in [6.45, 7) is 0.455. The summed E-state index contributed by atoms with van der Waals surface area (Å²) in [6, 6.07) is 22.7. The lowest BCUT2D eigenvalue weighted by Crippen LogP contribution is -2.34. The fourth-order valence-electron chi connectivity index (χ4n) is 2.27. The zero-order chi connectivity index (χ0) is 15.9. The van der Waals surface area contributed by atoms with Crippen molar-refractivity contribution in [1.82, 2.24) is 4.98 Å². The predicted octanol–water partition coefficient (Wildman–Crippen LogP) is 4.32. The highest BCUT2D eigenvalue weighted by Gasteiger charge is 2.16. The zero-order valence-corrected chi connectivity index (χ0v) is 12.6. The van der Waals surface area contributed by atoms with E-state index in [2.05, 4.69) is 10.3 Å². The number of anilines is 2. The maximum absolute atomic E-state index is 12.7. The second-order valence-corrected chi connectivity index (χ2v) is 5.08. The average Bonchev–Trinajstić information content (AvgIpc) is 2.62. The molecule has 1 N–H and O–H groups in total. The highest BCUT2D eigenvalue weighted by Crippen LogP contribution is 2.18. The molecule has 0 saturated carbocycles. The number of urea groups is 1. The average molecular weight is 303 g/mol. The summed E-state index contributed by atoms with van der Waals surface area (Å²) < 4.78 is 0. The first-order valence-corrected chi connectivity index (χ1v) is 7.40. The molecule has 0 radical (unpaired) electrons. The molecule has 0 aliphatic carbocycles. The van der Waals surface area contributed by atoms with Gasteiger partial charge in [0.05, 0.1) is 6.54 Å². The predicted molar refractivity (Wildman–Crippen MR) is 92.3 cm³/mol. The van der Waals surface area contributed by atoms with Crippen molar-refractivity contribution in [2.45, 2.75) is 6.54 Å². The molecule has 0 unspecified atom stereocenters. The van der Waals surface area contributed by atoms with Crippen molar-refractivity contribution >= 4 is 17.4 Å². The van der Waals surface area contributed by atoms with E-state index in [1.165, 1.54) is 0 Å². The molecule has 0 fully saturated rings.